The highest BCUT2D eigenvalue weighted by Gasteiger charge is 2.10. The molecule has 0 unspecified atom stereocenters. The molecule has 0 aliphatic carbocycles. The Hall–Kier alpha value is -0.620. The first-order valence-electron chi connectivity index (χ1n) is 2.62. The van der Waals surface area contributed by atoms with Crippen molar-refractivity contribution in [3.63, 3.8) is 0 Å². The van der Waals surface area contributed by atoms with Gasteiger partial charge < -0.3 is 4.74 Å². The van der Waals surface area contributed by atoms with Crippen LogP contribution in [0.25, 0.3) is 0 Å². The second-order valence-electron chi connectivity index (χ2n) is 1.61. The van der Waals surface area contributed by atoms with Gasteiger partial charge in [-0.15, -0.1) is 0 Å². The Kier molecular flexibility index (Phi) is 3.31. The maximum atomic E-state index is 10.4. The number of sulfonamides is 1. The van der Waals surface area contributed by atoms with Crippen LogP contribution in [-0.4, -0.2) is 26.7 Å². The highest BCUT2D eigenvalue weighted by Crippen LogP contribution is 1.82. The predicted octanol–water partition coefficient (Wildman–Crippen LogP) is -1.16. The number of rotatable bonds is 3. The lowest BCUT2D eigenvalue weighted by atomic mass is 10.8. The second kappa shape index (κ2) is 3.52. The summed E-state index contributed by atoms with van der Waals surface area (Å²) in [7, 11) is -3.72. The van der Waals surface area contributed by atoms with Crippen molar-refractivity contribution in [2.75, 3.05) is 12.4 Å². The van der Waals surface area contributed by atoms with Gasteiger partial charge in [0, 0.05) is 0 Å². The van der Waals surface area contributed by atoms with Gasteiger partial charge in [-0.2, -0.15) is 0 Å². The van der Waals surface area contributed by atoms with E-state index in [0.29, 0.717) is 0 Å². The summed E-state index contributed by atoms with van der Waals surface area (Å²) < 4.78 is 24.7. The van der Waals surface area contributed by atoms with E-state index in [4.69, 9.17) is 0 Å². The molecule has 6 heteroatoms. The van der Waals surface area contributed by atoms with Crippen molar-refractivity contribution >= 4 is 16.0 Å². The van der Waals surface area contributed by atoms with Crippen LogP contribution in [0.2, 0.25) is 0 Å². The van der Waals surface area contributed by atoms with E-state index in [0.717, 1.165) is 0 Å². The van der Waals surface area contributed by atoms with Crippen LogP contribution in [0, 0.1) is 0 Å². The van der Waals surface area contributed by atoms with E-state index in [1.54, 1.807) is 6.92 Å². The highest BCUT2D eigenvalue weighted by molar-refractivity contribution is 7.89. The first kappa shape index (κ1) is 9.38. The fourth-order valence-electron chi connectivity index (χ4n) is 0.367. The Morgan fingerprint density at radius 2 is 2.10 bits per heavy atom. The number of hydrogen-bond donors (Lipinski definition) is 1. The number of primary sulfonamides is 1. The van der Waals surface area contributed by atoms with Crippen molar-refractivity contribution in [3.8, 4) is 0 Å². The molecule has 10 heavy (non-hydrogen) atoms. The van der Waals surface area contributed by atoms with Crippen molar-refractivity contribution in [2.45, 2.75) is 6.92 Å². The van der Waals surface area contributed by atoms with Gasteiger partial charge in [-0.1, -0.05) is 0 Å². The van der Waals surface area contributed by atoms with Crippen LogP contribution >= 0.6 is 0 Å². The molecular weight excluding hydrogens is 158 g/mol. The molecule has 0 heterocycles. The van der Waals surface area contributed by atoms with Crippen molar-refractivity contribution in [1.82, 2.24) is 0 Å². The molecule has 5 nitrogen and oxygen atoms in total. The molecule has 0 bridgehead atoms. The molecule has 0 aromatic carbocycles. The molecule has 0 aromatic rings. The molecule has 2 N–H and O–H groups in total. The molecule has 60 valence electrons. The summed E-state index contributed by atoms with van der Waals surface area (Å²) in [6.45, 7) is 1.75. The van der Waals surface area contributed by atoms with Gasteiger partial charge >= 0.3 is 5.97 Å². The Morgan fingerprint density at radius 3 is 2.40 bits per heavy atom. The summed E-state index contributed by atoms with van der Waals surface area (Å²) in [6.07, 6.45) is 0. The van der Waals surface area contributed by atoms with E-state index in [-0.39, 0.29) is 6.61 Å². The molecule has 0 spiro atoms. The lowest BCUT2D eigenvalue weighted by Crippen LogP contribution is -2.24. The van der Waals surface area contributed by atoms with E-state index in [2.05, 4.69) is 9.88 Å². The van der Waals surface area contributed by atoms with Crippen molar-refractivity contribution in [2.24, 2.45) is 5.14 Å². The number of nitrogens with two attached hydrogens (primary N) is 1. The van der Waals surface area contributed by atoms with E-state index >= 15 is 0 Å². The summed E-state index contributed by atoms with van der Waals surface area (Å²) in [6, 6.07) is 0. The monoisotopic (exact) mass is 167 g/mol. The SMILES string of the molecule is CCOC(=O)CS(N)(=O)=O. The average Bonchev–Trinajstić information content (AvgIpc) is 1.59. The van der Waals surface area contributed by atoms with Gasteiger partial charge in [-0.3, -0.25) is 4.79 Å². The first-order chi connectivity index (χ1) is 4.45. The third-order valence-electron chi connectivity index (χ3n) is 0.624. The minimum absolute atomic E-state index is 0.161. The molecule has 0 radical (unpaired) electrons. The van der Waals surface area contributed by atoms with Gasteiger partial charge in [0.1, 0.15) is 0 Å². The number of esters is 1. The smallest absolute Gasteiger partial charge is 0.322 e. The lowest BCUT2D eigenvalue weighted by Gasteiger charge is -1.97. The zero-order valence-corrected chi connectivity index (χ0v) is 6.35. The van der Waals surface area contributed by atoms with Crippen LogP contribution in [0.1, 0.15) is 6.92 Å². The molecule has 0 fully saturated rings. The number of ether oxygens (including phenoxy) is 1. The topological polar surface area (TPSA) is 86.5 Å². The van der Waals surface area contributed by atoms with Gasteiger partial charge in [-0.05, 0) is 6.92 Å². The van der Waals surface area contributed by atoms with Gasteiger partial charge in [0.05, 0.1) is 6.61 Å². The Bertz CT molecular complexity index is 207. The van der Waals surface area contributed by atoms with Gasteiger partial charge in [0.2, 0.25) is 10.0 Å². The second-order valence-corrected chi connectivity index (χ2v) is 3.23. The fourth-order valence-corrected chi connectivity index (χ4v) is 0.779. The predicted molar refractivity (Wildman–Crippen MR) is 34.6 cm³/mol. The van der Waals surface area contributed by atoms with Crippen LogP contribution in [0.4, 0.5) is 0 Å². The fraction of sp³-hybridized carbons (Fsp3) is 0.750. The maximum absolute atomic E-state index is 10.4. The van der Waals surface area contributed by atoms with E-state index in [1.807, 2.05) is 0 Å². The highest BCUT2D eigenvalue weighted by atomic mass is 32.2. The van der Waals surface area contributed by atoms with Crippen molar-refractivity contribution in [3.05, 3.63) is 0 Å². The molecule has 0 aromatic heterocycles. The number of carbonyl (C=O) groups excluding carboxylic acids is 1. The standard InChI is InChI=1S/C4H9NO4S/c1-2-9-4(6)3-10(5,7)8/h2-3H2,1H3,(H2,5,7,8). The number of hydrogen-bond acceptors (Lipinski definition) is 4. The normalized spacial score (nSPS) is 11.0. The maximum Gasteiger partial charge on any atom is 0.322 e. The summed E-state index contributed by atoms with van der Waals surface area (Å²) >= 11 is 0. The third kappa shape index (κ3) is 5.52. The van der Waals surface area contributed by atoms with Gasteiger partial charge in [0.25, 0.3) is 0 Å². The first-order valence-corrected chi connectivity index (χ1v) is 4.33. The van der Waals surface area contributed by atoms with E-state index in [9.17, 15) is 13.2 Å². The van der Waals surface area contributed by atoms with Gasteiger partial charge in [-0.25, -0.2) is 13.6 Å². The molecular formula is C4H9NO4S. The Labute approximate surface area is 59.2 Å². The lowest BCUT2D eigenvalue weighted by molar-refractivity contribution is -0.139. The Morgan fingerprint density at radius 1 is 1.60 bits per heavy atom. The summed E-state index contributed by atoms with van der Waals surface area (Å²) in [5, 5.41) is 4.54. The summed E-state index contributed by atoms with van der Waals surface area (Å²) in [5.74, 6) is -1.56. The Balaban J connectivity index is 3.82. The zero-order chi connectivity index (χ0) is 8.20. The molecule has 0 saturated carbocycles. The molecule has 0 saturated heterocycles. The van der Waals surface area contributed by atoms with Crippen molar-refractivity contribution < 1.29 is 17.9 Å². The summed E-state index contributed by atoms with van der Waals surface area (Å²) in [4.78, 5) is 10.4. The zero-order valence-electron chi connectivity index (χ0n) is 5.53. The van der Waals surface area contributed by atoms with Gasteiger partial charge in [0.15, 0.2) is 5.75 Å². The molecule has 0 amide bonds. The van der Waals surface area contributed by atoms with Crippen LogP contribution in [0.5, 0.6) is 0 Å². The van der Waals surface area contributed by atoms with Crippen LogP contribution in [0.15, 0.2) is 0 Å². The minimum atomic E-state index is -3.72. The summed E-state index contributed by atoms with van der Waals surface area (Å²) in [5.41, 5.74) is 0. The van der Waals surface area contributed by atoms with Crippen LogP contribution in [-0.2, 0) is 19.6 Å². The van der Waals surface area contributed by atoms with Crippen LogP contribution < -0.4 is 5.14 Å². The molecule has 0 atom stereocenters. The minimum Gasteiger partial charge on any atom is -0.465 e. The van der Waals surface area contributed by atoms with Crippen molar-refractivity contribution in [1.29, 1.82) is 0 Å². The third-order valence-corrected chi connectivity index (χ3v) is 1.26. The van der Waals surface area contributed by atoms with E-state index < -0.39 is 21.7 Å². The number of carbonyl (C=O) groups is 1. The largest absolute Gasteiger partial charge is 0.465 e. The molecule has 0 aliphatic rings. The average molecular weight is 167 g/mol. The molecule has 0 rings (SSSR count). The van der Waals surface area contributed by atoms with Crippen LogP contribution in [0.3, 0.4) is 0 Å². The van der Waals surface area contributed by atoms with E-state index in [1.165, 1.54) is 0 Å². The molecule has 0 aliphatic heterocycles. The quantitative estimate of drug-likeness (QED) is 0.537.